The van der Waals surface area contributed by atoms with Crippen molar-refractivity contribution in [1.29, 1.82) is 5.26 Å². The molecule has 17 heavy (non-hydrogen) atoms. The van der Waals surface area contributed by atoms with Gasteiger partial charge >= 0.3 is 6.18 Å². The second-order valence-electron chi connectivity index (χ2n) is 3.54. The predicted octanol–water partition coefficient (Wildman–Crippen LogP) is 3.76. The Balaban J connectivity index is 2.78. The van der Waals surface area contributed by atoms with Gasteiger partial charge < -0.3 is 5.32 Å². The van der Waals surface area contributed by atoms with Crippen molar-refractivity contribution in [3.05, 3.63) is 28.8 Å². The third-order valence-electron chi connectivity index (χ3n) is 2.26. The number of nitrogens with zero attached hydrogens (tertiary/aromatic N) is 1. The SMILES string of the molecule is Cc1cccc(Cl)c1NCC(C#N)C(F)(F)F. The summed E-state index contributed by atoms with van der Waals surface area (Å²) in [5, 5.41) is 11.3. The van der Waals surface area contributed by atoms with Gasteiger partial charge in [0.2, 0.25) is 0 Å². The van der Waals surface area contributed by atoms with Gasteiger partial charge in [0.05, 0.1) is 16.8 Å². The average molecular weight is 263 g/mol. The Bertz CT molecular complexity index is 417. The van der Waals surface area contributed by atoms with Crippen LogP contribution in [0.1, 0.15) is 5.56 Å². The summed E-state index contributed by atoms with van der Waals surface area (Å²) in [6, 6.07) is 6.22. The summed E-state index contributed by atoms with van der Waals surface area (Å²) in [5.41, 5.74) is 1.16. The fourth-order valence-electron chi connectivity index (χ4n) is 1.29. The van der Waals surface area contributed by atoms with Crippen LogP contribution in [0.15, 0.2) is 18.2 Å². The second kappa shape index (κ2) is 5.28. The number of hydrogen-bond acceptors (Lipinski definition) is 2. The Morgan fingerprint density at radius 3 is 2.59 bits per heavy atom. The first-order valence-electron chi connectivity index (χ1n) is 4.81. The van der Waals surface area contributed by atoms with Crippen molar-refractivity contribution in [2.45, 2.75) is 13.1 Å². The van der Waals surface area contributed by atoms with E-state index in [9.17, 15) is 13.2 Å². The van der Waals surface area contributed by atoms with E-state index >= 15 is 0 Å². The molecule has 0 amide bonds. The zero-order valence-corrected chi connectivity index (χ0v) is 9.73. The summed E-state index contributed by atoms with van der Waals surface area (Å²) in [7, 11) is 0. The summed E-state index contributed by atoms with van der Waals surface area (Å²) in [4.78, 5) is 0. The summed E-state index contributed by atoms with van der Waals surface area (Å²) in [6.45, 7) is 1.22. The molecule has 92 valence electrons. The lowest BCUT2D eigenvalue weighted by atomic mass is 10.1. The number of rotatable bonds is 3. The fourth-order valence-corrected chi connectivity index (χ4v) is 1.58. The Labute approximate surface area is 102 Å². The number of para-hydroxylation sites is 1. The van der Waals surface area contributed by atoms with Crippen LogP contribution in [-0.2, 0) is 0 Å². The molecule has 1 rings (SSSR count). The van der Waals surface area contributed by atoms with Crippen LogP contribution in [0.2, 0.25) is 5.02 Å². The molecular formula is C11H10ClF3N2. The summed E-state index contributed by atoms with van der Waals surface area (Å²) >= 11 is 5.84. The summed E-state index contributed by atoms with van der Waals surface area (Å²) in [6.07, 6.45) is -4.53. The number of benzene rings is 1. The van der Waals surface area contributed by atoms with Crippen LogP contribution in [0, 0.1) is 24.2 Å². The smallest absolute Gasteiger partial charge is 0.382 e. The molecule has 1 atom stereocenters. The topological polar surface area (TPSA) is 35.8 Å². The molecule has 0 radical (unpaired) electrons. The van der Waals surface area contributed by atoms with Crippen LogP contribution in [0.5, 0.6) is 0 Å². The van der Waals surface area contributed by atoms with Crippen molar-refractivity contribution in [2.24, 2.45) is 5.92 Å². The van der Waals surface area contributed by atoms with Crippen molar-refractivity contribution in [3.63, 3.8) is 0 Å². The quantitative estimate of drug-likeness (QED) is 0.900. The predicted molar refractivity (Wildman–Crippen MR) is 59.8 cm³/mol. The van der Waals surface area contributed by atoms with Gasteiger partial charge in [-0.15, -0.1) is 0 Å². The molecule has 0 aromatic heterocycles. The molecule has 0 heterocycles. The molecule has 2 nitrogen and oxygen atoms in total. The van der Waals surface area contributed by atoms with Crippen LogP contribution in [0.25, 0.3) is 0 Å². The third kappa shape index (κ3) is 3.53. The number of halogens is 4. The van der Waals surface area contributed by atoms with Crippen molar-refractivity contribution in [2.75, 3.05) is 11.9 Å². The maximum Gasteiger partial charge on any atom is 0.406 e. The molecule has 0 bridgehead atoms. The molecular weight excluding hydrogens is 253 g/mol. The van der Waals surface area contributed by atoms with Gasteiger partial charge in [-0.3, -0.25) is 0 Å². The lowest BCUT2D eigenvalue weighted by Crippen LogP contribution is -2.28. The number of aryl methyl sites for hydroxylation is 1. The molecule has 0 spiro atoms. The minimum absolute atomic E-state index is 0.337. The minimum atomic E-state index is -4.53. The molecule has 0 aliphatic heterocycles. The molecule has 0 saturated carbocycles. The van der Waals surface area contributed by atoms with Crippen LogP contribution in [0.3, 0.4) is 0 Å². The number of alkyl halides is 3. The highest BCUT2D eigenvalue weighted by molar-refractivity contribution is 6.33. The van der Waals surface area contributed by atoms with Gasteiger partial charge in [-0.2, -0.15) is 18.4 Å². The van der Waals surface area contributed by atoms with Gasteiger partial charge in [-0.05, 0) is 18.6 Å². The van der Waals surface area contributed by atoms with E-state index < -0.39 is 18.6 Å². The Hall–Kier alpha value is -1.41. The number of nitrogens with one attached hydrogen (secondary N) is 1. The van der Waals surface area contributed by atoms with Crippen LogP contribution in [0.4, 0.5) is 18.9 Å². The Kier molecular flexibility index (Phi) is 4.24. The standard InChI is InChI=1S/C11H10ClF3N2/c1-7-3-2-4-9(12)10(7)17-6-8(5-16)11(13,14)15/h2-4,8,17H,6H2,1H3. The molecule has 0 fully saturated rings. The average Bonchev–Trinajstić information content (AvgIpc) is 2.20. The van der Waals surface area contributed by atoms with Gasteiger partial charge in [-0.1, -0.05) is 23.7 Å². The van der Waals surface area contributed by atoms with Gasteiger partial charge in [-0.25, -0.2) is 0 Å². The normalized spacial score (nSPS) is 12.9. The van der Waals surface area contributed by atoms with E-state index in [1.807, 2.05) is 0 Å². The maximum absolute atomic E-state index is 12.3. The maximum atomic E-state index is 12.3. The van der Waals surface area contributed by atoms with E-state index in [0.717, 1.165) is 5.56 Å². The molecule has 0 aliphatic rings. The van der Waals surface area contributed by atoms with Gasteiger partial charge in [0.25, 0.3) is 0 Å². The van der Waals surface area contributed by atoms with E-state index in [0.29, 0.717) is 10.7 Å². The van der Waals surface area contributed by atoms with E-state index in [4.69, 9.17) is 16.9 Å². The molecule has 1 aromatic carbocycles. The number of hydrogen-bond donors (Lipinski definition) is 1. The second-order valence-corrected chi connectivity index (χ2v) is 3.94. The first kappa shape index (κ1) is 13.7. The lowest BCUT2D eigenvalue weighted by molar-refractivity contribution is -0.155. The fraction of sp³-hybridized carbons (Fsp3) is 0.364. The van der Waals surface area contributed by atoms with Crippen LogP contribution in [-0.4, -0.2) is 12.7 Å². The first-order chi connectivity index (χ1) is 7.86. The largest absolute Gasteiger partial charge is 0.406 e. The van der Waals surface area contributed by atoms with E-state index in [-0.39, 0.29) is 0 Å². The van der Waals surface area contributed by atoms with Crippen LogP contribution >= 0.6 is 11.6 Å². The highest BCUT2D eigenvalue weighted by atomic mass is 35.5. The minimum Gasteiger partial charge on any atom is -0.382 e. The van der Waals surface area contributed by atoms with Gasteiger partial charge in [0.1, 0.15) is 0 Å². The van der Waals surface area contributed by atoms with E-state index in [1.54, 1.807) is 25.1 Å². The van der Waals surface area contributed by atoms with Crippen molar-refractivity contribution < 1.29 is 13.2 Å². The highest BCUT2D eigenvalue weighted by Gasteiger charge is 2.39. The zero-order valence-electron chi connectivity index (χ0n) is 8.98. The summed E-state index contributed by atoms with van der Waals surface area (Å²) < 4.78 is 37.0. The van der Waals surface area contributed by atoms with Crippen molar-refractivity contribution >= 4 is 17.3 Å². The first-order valence-corrected chi connectivity index (χ1v) is 5.19. The Morgan fingerprint density at radius 2 is 2.12 bits per heavy atom. The van der Waals surface area contributed by atoms with Gasteiger partial charge in [0, 0.05) is 6.54 Å². The Morgan fingerprint density at radius 1 is 1.47 bits per heavy atom. The highest BCUT2D eigenvalue weighted by Crippen LogP contribution is 2.29. The molecule has 1 unspecified atom stereocenters. The monoisotopic (exact) mass is 262 g/mol. The van der Waals surface area contributed by atoms with E-state index in [1.165, 1.54) is 6.07 Å². The van der Waals surface area contributed by atoms with E-state index in [2.05, 4.69) is 5.32 Å². The third-order valence-corrected chi connectivity index (χ3v) is 2.57. The molecule has 0 aliphatic carbocycles. The lowest BCUT2D eigenvalue weighted by Gasteiger charge is -2.16. The molecule has 0 saturated heterocycles. The van der Waals surface area contributed by atoms with Crippen LogP contribution < -0.4 is 5.32 Å². The zero-order chi connectivity index (χ0) is 13.1. The van der Waals surface area contributed by atoms with Crippen molar-refractivity contribution in [3.8, 4) is 6.07 Å². The molecule has 6 heteroatoms. The summed E-state index contributed by atoms with van der Waals surface area (Å²) in [5.74, 6) is -2.04. The molecule has 1 N–H and O–H groups in total. The number of anilines is 1. The van der Waals surface area contributed by atoms with Crippen molar-refractivity contribution in [1.82, 2.24) is 0 Å². The molecule has 1 aromatic rings. The number of nitriles is 1. The van der Waals surface area contributed by atoms with Gasteiger partial charge in [0.15, 0.2) is 5.92 Å².